The minimum Gasteiger partial charge on any atom is -0.491 e. The van der Waals surface area contributed by atoms with Crippen molar-refractivity contribution in [3.63, 3.8) is 0 Å². The molecule has 20 nitrogen and oxygen atoms in total. The van der Waals surface area contributed by atoms with Crippen LogP contribution in [0.5, 0.6) is 11.5 Å². The average molecular weight is 851 g/mol. The fourth-order valence-corrected chi connectivity index (χ4v) is 7.70. The first-order valence-corrected chi connectivity index (χ1v) is 20.9. The lowest BCUT2D eigenvalue weighted by Crippen LogP contribution is -2.43. The van der Waals surface area contributed by atoms with E-state index in [-0.39, 0.29) is 35.5 Å². The lowest BCUT2D eigenvalue weighted by molar-refractivity contribution is 0.0991. The van der Waals surface area contributed by atoms with Gasteiger partial charge in [0.2, 0.25) is 23.7 Å². The molecule has 0 unspecified atom stereocenters. The molecule has 1 aliphatic rings. The van der Waals surface area contributed by atoms with Gasteiger partial charge in [0.1, 0.15) is 33.9 Å². The Morgan fingerprint density at radius 2 is 1.21 bits per heavy atom. The Kier molecular flexibility index (Phi) is 13.2. The SMILES string of the molecule is CCn1nc(C)cc1C(=O)Nc1nc2cc(C(N)=O)cc(OCCCCn3c(NC(=O)c4cc(C)nn4CC)nc4cc(C(N)=O)cc(OCCCN5CCNCC5)c43)c2n1C. The molecule has 1 aliphatic heterocycles. The maximum absolute atomic E-state index is 13.7. The van der Waals surface area contributed by atoms with Gasteiger partial charge in [-0.3, -0.25) is 39.2 Å². The average Bonchev–Trinajstić information content (AvgIpc) is 4.01. The smallest absolute Gasteiger partial charge is 0.276 e. The maximum Gasteiger partial charge on any atom is 0.276 e. The molecule has 1 saturated heterocycles. The van der Waals surface area contributed by atoms with E-state index in [9.17, 15) is 19.2 Å². The third kappa shape index (κ3) is 9.40. The molecule has 0 aliphatic carbocycles. The lowest BCUT2D eigenvalue weighted by Gasteiger charge is -2.27. The predicted octanol–water partition coefficient (Wildman–Crippen LogP) is 3.21. The molecule has 7 N–H and O–H groups in total. The number of nitrogens with zero attached hydrogens (tertiary/aromatic N) is 9. The molecule has 0 bridgehead atoms. The van der Waals surface area contributed by atoms with Crippen molar-refractivity contribution in [2.75, 3.05) is 56.6 Å². The van der Waals surface area contributed by atoms with Crippen molar-refractivity contribution < 1.29 is 28.7 Å². The van der Waals surface area contributed by atoms with Crippen LogP contribution in [0.1, 0.15) is 86.2 Å². The van der Waals surface area contributed by atoms with E-state index in [0.717, 1.165) is 39.1 Å². The van der Waals surface area contributed by atoms with Crippen molar-refractivity contribution in [1.82, 2.24) is 48.9 Å². The molecule has 0 spiro atoms. The van der Waals surface area contributed by atoms with Crippen LogP contribution in [0.4, 0.5) is 11.9 Å². The molecule has 7 rings (SSSR count). The van der Waals surface area contributed by atoms with Gasteiger partial charge in [0.15, 0.2) is 0 Å². The molecule has 20 heteroatoms. The molecule has 4 amide bonds. The summed E-state index contributed by atoms with van der Waals surface area (Å²) in [5.41, 5.74) is 16.1. The van der Waals surface area contributed by atoms with E-state index >= 15 is 0 Å². The summed E-state index contributed by atoms with van der Waals surface area (Å²) >= 11 is 0. The highest BCUT2D eigenvalue weighted by Gasteiger charge is 2.24. The molecule has 4 aromatic heterocycles. The number of rotatable bonds is 19. The highest BCUT2D eigenvalue weighted by Crippen LogP contribution is 2.33. The summed E-state index contributed by atoms with van der Waals surface area (Å²) in [5.74, 6) is -0.766. The van der Waals surface area contributed by atoms with E-state index in [0.29, 0.717) is 95.4 Å². The van der Waals surface area contributed by atoms with Gasteiger partial charge in [-0.2, -0.15) is 10.2 Å². The first kappa shape index (κ1) is 43.3. The van der Waals surface area contributed by atoms with Crippen LogP contribution >= 0.6 is 0 Å². The number of imidazole rings is 2. The number of primary amides is 2. The number of nitrogens with one attached hydrogen (secondary N) is 3. The van der Waals surface area contributed by atoms with Gasteiger partial charge in [0.05, 0.1) is 35.6 Å². The standard InChI is InChI=1S/C42H54N14O6/c1-6-55-31(19-25(3)50-55)39(59)48-41-46-29-21-27(37(43)57)23-33(35(29)52(41)5)61-17-9-8-14-54-36-30(47-42(54)49-40(60)32-20-26(4)51-56(32)7-2)22-28(38(44)58)24-34(36)62-18-10-13-53-15-11-45-12-16-53/h19-24,45H,6-18H2,1-5H3,(H2,43,57)(H2,44,58)(H,46,48,59)(H,47,49,60). The molecule has 0 saturated carbocycles. The lowest BCUT2D eigenvalue weighted by atomic mass is 10.1. The number of carbonyl (C=O) groups excluding carboxylic acids is 4. The number of fused-ring (bicyclic) bond motifs is 2. The van der Waals surface area contributed by atoms with Gasteiger partial charge in [0, 0.05) is 70.5 Å². The number of hydrogen-bond acceptors (Lipinski definition) is 12. The van der Waals surface area contributed by atoms with Crippen molar-refractivity contribution in [2.24, 2.45) is 18.5 Å². The van der Waals surface area contributed by atoms with Crippen LogP contribution in [0.3, 0.4) is 0 Å². The van der Waals surface area contributed by atoms with E-state index in [1.165, 1.54) is 0 Å². The molecule has 328 valence electrons. The Morgan fingerprint density at radius 3 is 1.77 bits per heavy atom. The summed E-state index contributed by atoms with van der Waals surface area (Å²) in [6, 6.07) is 9.77. The Bertz CT molecular complexity index is 2630. The van der Waals surface area contributed by atoms with Crippen LogP contribution in [-0.2, 0) is 26.7 Å². The molecule has 2 aromatic carbocycles. The van der Waals surface area contributed by atoms with Gasteiger partial charge in [-0.15, -0.1) is 0 Å². The highest BCUT2D eigenvalue weighted by atomic mass is 16.5. The van der Waals surface area contributed by atoms with Crippen LogP contribution < -0.4 is 36.9 Å². The van der Waals surface area contributed by atoms with Gasteiger partial charge < -0.3 is 40.3 Å². The van der Waals surface area contributed by atoms with E-state index in [4.69, 9.17) is 25.9 Å². The first-order valence-electron chi connectivity index (χ1n) is 20.9. The zero-order valence-electron chi connectivity index (χ0n) is 35.8. The van der Waals surface area contributed by atoms with Gasteiger partial charge in [-0.1, -0.05) is 0 Å². The van der Waals surface area contributed by atoms with Crippen molar-refractivity contribution >= 4 is 57.6 Å². The van der Waals surface area contributed by atoms with Crippen molar-refractivity contribution in [2.45, 2.75) is 66.6 Å². The van der Waals surface area contributed by atoms with Crippen molar-refractivity contribution in [1.29, 1.82) is 0 Å². The maximum atomic E-state index is 13.7. The summed E-state index contributed by atoms with van der Waals surface area (Å²) in [7, 11) is 1.74. The monoisotopic (exact) mass is 850 g/mol. The summed E-state index contributed by atoms with van der Waals surface area (Å²) < 4.78 is 19.5. The third-order valence-corrected chi connectivity index (χ3v) is 10.7. The molecule has 5 heterocycles. The second-order valence-corrected chi connectivity index (χ2v) is 15.2. The zero-order chi connectivity index (χ0) is 44.1. The molecule has 0 atom stereocenters. The quantitative estimate of drug-likeness (QED) is 0.0738. The molecule has 1 fully saturated rings. The first-order chi connectivity index (χ1) is 29.8. The Labute approximate surface area is 357 Å². The summed E-state index contributed by atoms with van der Waals surface area (Å²) in [4.78, 5) is 63.7. The number of nitrogens with two attached hydrogens (primary N) is 2. The van der Waals surface area contributed by atoms with E-state index in [1.54, 1.807) is 57.4 Å². The number of benzene rings is 2. The fraction of sp³-hybridized carbons (Fsp3) is 0.429. The Balaban J connectivity index is 1.13. The van der Waals surface area contributed by atoms with Crippen LogP contribution in [0, 0.1) is 13.8 Å². The predicted molar refractivity (Wildman–Crippen MR) is 233 cm³/mol. The zero-order valence-corrected chi connectivity index (χ0v) is 35.8. The van der Waals surface area contributed by atoms with Gasteiger partial charge in [-0.25, -0.2) is 9.97 Å². The number of hydrogen-bond donors (Lipinski definition) is 5. The van der Waals surface area contributed by atoms with Crippen LogP contribution in [0.25, 0.3) is 22.1 Å². The molecular weight excluding hydrogens is 797 g/mol. The topological polar surface area (TPSA) is 249 Å². The highest BCUT2D eigenvalue weighted by molar-refractivity contribution is 6.05. The van der Waals surface area contributed by atoms with Crippen molar-refractivity contribution in [3.8, 4) is 11.5 Å². The van der Waals surface area contributed by atoms with Crippen LogP contribution in [0.15, 0.2) is 36.4 Å². The number of ether oxygens (including phenoxy) is 2. The van der Waals surface area contributed by atoms with Gasteiger partial charge >= 0.3 is 0 Å². The number of carbonyl (C=O) groups is 4. The second-order valence-electron chi connectivity index (χ2n) is 15.2. The normalized spacial score (nSPS) is 13.2. The van der Waals surface area contributed by atoms with Gasteiger partial charge in [-0.05, 0) is 83.4 Å². The molecule has 6 aromatic rings. The second kappa shape index (κ2) is 18.9. The molecule has 0 radical (unpaired) electrons. The summed E-state index contributed by atoms with van der Waals surface area (Å²) in [6.07, 6.45) is 1.84. The van der Waals surface area contributed by atoms with Crippen LogP contribution in [0.2, 0.25) is 0 Å². The number of aryl methyl sites for hydroxylation is 6. The van der Waals surface area contributed by atoms with E-state index in [1.807, 2.05) is 32.3 Å². The number of piperazine rings is 1. The summed E-state index contributed by atoms with van der Waals surface area (Å²) in [5, 5.41) is 18.0. The number of unbranched alkanes of at least 4 members (excludes halogenated alkanes) is 1. The molecular formula is C42H54N14O6. The minimum atomic E-state index is -0.657. The molecule has 62 heavy (non-hydrogen) atoms. The Hall–Kier alpha value is -6.80. The van der Waals surface area contributed by atoms with E-state index < -0.39 is 17.7 Å². The van der Waals surface area contributed by atoms with E-state index in [2.05, 4.69) is 36.0 Å². The Morgan fingerprint density at radius 1 is 0.694 bits per heavy atom. The third-order valence-electron chi connectivity index (χ3n) is 10.7. The summed E-state index contributed by atoms with van der Waals surface area (Å²) in [6.45, 7) is 14.1. The fourth-order valence-electron chi connectivity index (χ4n) is 7.70. The minimum absolute atomic E-state index is 0.198. The number of amides is 4. The largest absolute Gasteiger partial charge is 0.491 e. The van der Waals surface area contributed by atoms with Crippen LogP contribution in [-0.4, -0.2) is 113 Å². The van der Waals surface area contributed by atoms with Crippen molar-refractivity contribution in [3.05, 3.63) is 70.3 Å². The number of anilines is 2. The number of aromatic nitrogens is 8. The van der Waals surface area contributed by atoms with Gasteiger partial charge in [0.25, 0.3) is 11.8 Å².